The molecule has 2 rings (SSSR count). The van der Waals surface area contributed by atoms with Crippen molar-refractivity contribution in [3.8, 4) is 0 Å². The summed E-state index contributed by atoms with van der Waals surface area (Å²) in [5.41, 5.74) is 0. The van der Waals surface area contributed by atoms with Gasteiger partial charge in [0.2, 0.25) is 0 Å². The zero-order chi connectivity index (χ0) is 8.72. The Bertz CT molecular complexity index is 201. The van der Waals surface area contributed by atoms with Gasteiger partial charge in [-0.25, -0.2) is 0 Å². The van der Waals surface area contributed by atoms with Gasteiger partial charge in [-0.15, -0.1) is 0 Å². The summed E-state index contributed by atoms with van der Waals surface area (Å²) in [6.07, 6.45) is 3.52. The van der Waals surface area contributed by atoms with Gasteiger partial charge in [0.1, 0.15) is 6.04 Å². The fourth-order valence-corrected chi connectivity index (χ4v) is 2.24. The number of rotatable bonds is 2. The van der Waals surface area contributed by atoms with Crippen LogP contribution in [0.25, 0.3) is 0 Å². The predicted octanol–water partition coefficient (Wildman–Crippen LogP) is 0.801. The summed E-state index contributed by atoms with van der Waals surface area (Å²) in [5, 5.41) is 8.86. The Labute approximate surface area is 72.4 Å². The van der Waals surface area contributed by atoms with Crippen molar-refractivity contribution in [3.05, 3.63) is 0 Å². The maximum absolute atomic E-state index is 10.8. The van der Waals surface area contributed by atoms with Crippen molar-refractivity contribution in [3.63, 3.8) is 0 Å². The van der Waals surface area contributed by atoms with Gasteiger partial charge in [-0.2, -0.15) is 0 Å². The minimum Gasteiger partial charge on any atom is -0.480 e. The van der Waals surface area contributed by atoms with Crippen LogP contribution in [0.15, 0.2) is 0 Å². The maximum atomic E-state index is 10.8. The number of nitrogens with zero attached hydrogens (tertiary/aromatic N) is 1. The van der Waals surface area contributed by atoms with E-state index >= 15 is 0 Å². The number of aliphatic carboxylic acids is 1. The summed E-state index contributed by atoms with van der Waals surface area (Å²) in [4.78, 5) is 12.7. The lowest BCUT2D eigenvalue weighted by atomic mass is 10.0. The van der Waals surface area contributed by atoms with Crippen LogP contribution in [-0.4, -0.2) is 35.6 Å². The van der Waals surface area contributed by atoms with E-state index in [9.17, 15) is 4.79 Å². The standard InChI is InChI=1S/C9H15NO2/c1-10-5-7(6-2-3-6)4-8(10)9(11)12/h6-8H,2-5H2,1H3,(H,11,12). The van der Waals surface area contributed by atoms with Crippen molar-refractivity contribution in [1.29, 1.82) is 0 Å². The molecular weight excluding hydrogens is 154 g/mol. The van der Waals surface area contributed by atoms with Gasteiger partial charge in [0.05, 0.1) is 0 Å². The van der Waals surface area contributed by atoms with E-state index in [1.54, 1.807) is 0 Å². The minimum atomic E-state index is -0.652. The number of carboxylic acid groups (broad SMARTS) is 1. The van der Waals surface area contributed by atoms with Gasteiger partial charge in [-0.1, -0.05) is 0 Å². The zero-order valence-corrected chi connectivity index (χ0v) is 7.36. The number of hydrogen-bond acceptors (Lipinski definition) is 2. The number of likely N-dealkylation sites (N-methyl/N-ethyl adjacent to an activating group) is 1. The number of hydrogen-bond donors (Lipinski definition) is 1. The van der Waals surface area contributed by atoms with Gasteiger partial charge in [0.25, 0.3) is 0 Å². The van der Waals surface area contributed by atoms with Crippen molar-refractivity contribution in [2.75, 3.05) is 13.6 Å². The molecule has 2 unspecified atom stereocenters. The van der Waals surface area contributed by atoms with Gasteiger partial charge in [0.15, 0.2) is 0 Å². The van der Waals surface area contributed by atoms with Crippen molar-refractivity contribution in [2.45, 2.75) is 25.3 Å². The highest BCUT2D eigenvalue weighted by atomic mass is 16.4. The summed E-state index contributed by atoms with van der Waals surface area (Å²) < 4.78 is 0. The maximum Gasteiger partial charge on any atom is 0.320 e. The van der Waals surface area contributed by atoms with Crippen LogP contribution in [0.3, 0.4) is 0 Å². The normalized spacial score (nSPS) is 37.1. The van der Waals surface area contributed by atoms with E-state index < -0.39 is 5.97 Å². The molecule has 2 fully saturated rings. The Balaban J connectivity index is 1.96. The molecule has 0 bridgehead atoms. The quantitative estimate of drug-likeness (QED) is 0.664. The van der Waals surface area contributed by atoms with Crippen molar-refractivity contribution >= 4 is 5.97 Å². The lowest BCUT2D eigenvalue weighted by Crippen LogP contribution is -2.32. The first-order valence-corrected chi connectivity index (χ1v) is 4.61. The van der Waals surface area contributed by atoms with E-state index in [0.29, 0.717) is 5.92 Å². The van der Waals surface area contributed by atoms with Crippen LogP contribution in [0.2, 0.25) is 0 Å². The van der Waals surface area contributed by atoms with Gasteiger partial charge >= 0.3 is 5.97 Å². The van der Waals surface area contributed by atoms with Crippen molar-refractivity contribution in [1.82, 2.24) is 4.90 Å². The van der Waals surface area contributed by atoms with E-state index in [2.05, 4.69) is 0 Å². The van der Waals surface area contributed by atoms with Crippen LogP contribution in [0.4, 0.5) is 0 Å². The average molecular weight is 169 g/mol. The fourth-order valence-electron chi connectivity index (χ4n) is 2.24. The molecule has 1 saturated heterocycles. The highest BCUT2D eigenvalue weighted by Gasteiger charge is 2.41. The third kappa shape index (κ3) is 1.33. The molecule has 2 aliphatic rings. The second kappa shape index (κ2) is 2.73. The highest BCUT2D eigenvalue weighted by Crippen LogP contribution is 2.42. The fraction of sp³-hybridized carbons (Fsp3) is 0.889. The first-order valence-electron chi connectivity index (χ1n) is 4.61. The van der Waals surface area contributed by atoms with E-state index in [0.717, 1.165) is 18.9 Å². The SMILES string of the molecule is CN1CC(C2CC2)CC1C(=O)O. The Morgan fingerprint density at radius 2 is 2.08 bits per heavy atom. The minimum absolute atomic E-state index is 0.212. The number of likely N-dealkylation sites (tertiary alicyclic amines) is 1. The molecular formula is C9H15NO2. The molecule has 3 nitrogen and oxygen atoms in total. The molecule has 1 aliphatic carbocycles. The summed E-state index contributed by atoms with van der Waals surface area (Å²) in [5.74, 6) is 0.855. The van der Waals surface area contributed by atoms with Crippen LogP contribution in [0, 0.1) is 11.8 Å². The lowest BCUT2D eigenvalue weighted by molar-refractivity contribution is -0.141. The predicted molar refractivity (Wildman–Crippen MR) is 44.9 cm³/mol. The Hall–Kier alpha value is -0.570. The lowest BCUT2D eigenvalue weighted by Gasteiger charge is -2.13. The first-order chi connectivity index (χ1) is 5.68. The molecule has 1 aliphatic heterocycles. The highest BCUT2D eigenvalue weighted by molar-refractivity contribution is 5.73. The molecule has 3 heteroatoms. The largest absolute Gasteiger partial charge is 0.480 e. The molecule has 1 saturated carbocycles. The molecule has 0 aromatic carbocycles. The summed E-state index contributed by atoms with van der Waals surface area (Å²) >= 11 is 0. The molecule has 1 N–H and O–H groups in total. The second-order valence-electron chi connectivity index (χ2n) is 4.13. The van der Waals surface area contributed by atoms with E-state index in [1.165, 1.54) is 12.8 Å². The molecule has 2 atom stereocenters. The molecule has 68 valence electrons. The summed E-state index contributed by atoms with van der Waals surface area (Å²) in [6, 6.07) is -0.212. The topological polar surface area (TPSA) is 40.5 Å². The van der Waals surface area contributed by atoms with Crippen LogP contribution in [-0.2, 0) is 4.79 Å². The Kier molecular flexibility index (Phi) is 1.83. The molecule has 0 aromatic heterocycles. The van der Waals surface area contributed by atoms with Crippen molar-refractivity contribution < 1.29 is 9.90 Å². The summed E-state index contributed by atoms with van der Waals surface area (Å²) in [6.45, 7) is 0.988. The van der Waals surface area contributed by atoms with Crippen molar-refractivity contribution in [2.24, 2.45) is 11.8 Å². The number of carboxylic acids is 1. The second-order valence-corrected chi connectivity index (χ2v) is 4.13. The van der Waals surface area contributed by atoms with Crippen LogP contribution >= 0.6 is 0 Å². The molecule has 12 heavy (non-hydrogen) atoms. The van der Waals surface area contributed by atoms with Gasteiger partial charge in [-0.3, -0.25) is 9.69 Å². The van der Waals surface area contributed by atoms with Crippen LogP contribution < -0.4 is 0 Å². The summed E-state index contributed by atoms with van der Waals surface area (Å²) in [7, 11) is 1.92. The van der Waals surface area contributed by atoms with Crippen LogP contribution in [0.1, 0.15) is 19.3 Å². The average Bonchev–Trinajstić information content (AvgIpc) is 2.75. The molecule has 1 heterocycles. The third-order valence-corrected chi connectivity index (χ3v) is 3.15. The molecule has 0 aromatic rings. The zero-order valence-electron chi connectivity index (χ0n) is 7.36. The van der Waals surface area contributed by atoms with E-state index in [-0.39, 0.29) is 6.04 Å². The molecule has 0 radical (unpaired) electrons. The third-order valence-electron chi connectivity index (χ3n) is 3.15. The Morgan fingerprint density at radius 1 is 1.42 bits per heavy atom. The monoisotopic (exact) mass is 169 g/mol. The van der Waals surface area contributed by atoms with Gasteiger partial charge in [0, 0.05) is 6.54 Å². The number of carbonyl (C=O) groups is 1. The molecule has 0 amide bonds. The van der Waals surface area contributed by atoms with E-state index in [4.69, 9.17) is 5.11 Å². The van der Waals surface area contributed by atoms with Gasteiger partial charge < -0.3 is 5.11 Å². The first kappa shape index (κ1) is 8.05. The smallest absolute Gasteiger partial charge is 0.320 e. The Morgan fingerprint density at radius 3 is 2.50 bits per heavy atom. The van der Waals surface area contributed by atoms with E-state index in [1.807, 2.05) is 11.9 Å². The van der Waals surface area contributed by atoms with Gasteiger partial charge in [-0.05, 0) is 38.1 Å². The van der Waals surface area contributed by atoms with Crippen LogP contribution in [0.5, 0.6) is 0 Å². The molecule has 0 spiro atoms.